The van der Waals surface area contributed by atoms with E-state index in [0.717, 1.165) is 12.2 Å². The largest absolute Gasteiger partial charge is 0.460 e. The number of aliphatic hydroxyl groups excluding tert-OH is 2. The van der Waals surface area contributed by atoms with Crippen molar-refractivity contribution in [2.24, 2.45) is 0 Å². The van der Waals surface area contributed by atoms with Gasteiger partial charge in [-0.15, -0.1) is 0 Å². The summed E-state index contributed by atoms with van der Waals surface area (Å²) in [4.78, 5) is 31.0. The molecule has 120 valence electrons. The van der Waals surface area contributed by atoms with E-state index in [1.165, 1.54) is 0 Å². The van der Waals surface area contributed by atoms with Crippen molar-refractivity contribution in [3.63, 3.8) is 0 Å². The van der Waals surface area contributed by atoms with Crippen molar-refractivity contribution in [2.75, 3.05) is 26.4 Å². The minimum Gasteiger partial charge on any atom is -0.460 e. The Kier molecular flexibility index (Phi) is 11.3. The molecule has 0 saturated heterocycles. The molecule has 2 atom stereocenters. The maximum Gasteiger partial charge on any atom is 0.330 e. The smallest absolute Gasteiger partial charge is 0.330 e. The zero-order valence-electron chi connectivity index (χ0n) is 11.6. The maximum atomic E-state index is 10.9. The Morgan fingerprint density at radius 2 is 1.76 bits per heavy atom. The van der Waals surface area contributed by atoms with E-state index in [9.17, 15) is 14.7 Å². The van der Waals surface area contributed by atoms with Crippen LogP contribution in [0.15, 0.2) is 25.3 Å². The Bertz CT molecular complexity index is 341. The number of hydrogen-bond acceptors (Lipinski definition) is 8. The van der Waals surface area contributed by atoms with Crippen LogP contribution in [0.25, 0.3) is 0 Å². The summed E-state index contributed by atoms with van der Waals surface area (Å²) in [6.45, 7) is 6.22. The molecule has 21 heavy (non-hydrogen) atoms. The summed E-state index contributed by atoms with van der Waals surface area (Å²) in [5, 5.41) is 18.5. The Balaban J connectivity index is 3.43. The highest BCUT2D eigenvalue weighted by Crippen LogP contribution is 1.95. The zero-order valence-corrected chi connectivity index (χ0v) is 11.6. The third kappa shape index (κ3) is 10.8. The van der Waals surface area contributed by atoms with Crippen molar-refractivity contribution >= 4 is 11.8 Å². The Morgan fingerprint density at radius 1 is 1.05 bits per heavy atom. The van der Waals surface area contributed by atoms with Crippen molar-refractivity contribution < 1.29 is 39.1 Å². The summed E-state index contributed by atoms with van der Waals surface area (Å²) in [6, 6.07) is 0. The minimum absolute atomic E-state index is 0.0869. The molecule has 0 radical (unpaired) electrons. The van der Waals surface area contributed by atoms with E-state index in [0.29, 0.717) is 6.42 Å². The van der Waals surface area contributed by atoms with Crippen LogP contribution in [-0.2, 0) is 28.8 Å². The number of ether oxygens (including phenoxy) is 2. The number of carbonyl (C=O) groups excluding carboxylic acids is 2. The molecule has 2 N–H and O–H groups in total. The fourth-order valence-corrected chi connectivity index (χ4v) is 0.967. The quantitative estimate of drug-likeness (QED) is 0.117. The SMILES string of the molecule is C=CC(=O)OCC(O)COOCCCOC(O)C(=O)C=C. The average Bonchev–Trinajstić information content (AvgIpc) is 2.50. The van der Waals surface area contributed by atoms with Crippen LogP contribution in [0.3, 0.4) is 0 Å². The molecule has 2 unspecified atom stereocenters. The highest BCUT2D eigenvalue weighted by atomic mass is 17.2. The fraction of sp³-hybridized carbons (Fsp3) is 0.538. The number of carbonyl (C=O) groups is 2. The predicted molar refractivity (Wildman–Crippen MR) is 70.8 cm³/mol. The minimum atomic E-state index is -1.52. The first-order chi connectivity index (χ1) is 10.0. The lowest BCUT2D eigenvalue weighted by atomic mass is 10.4. The van der Waals surface area contributed by atoms with Gasteiger partial charge in [0.15, 0.2) is 0 Å². The Labute approximate surface area is 122 Å². The van der Waals surface area contributed by atoms with E-state index in [-0.39, 0.29) is 26.4 Å². The van der Waals surface area contributed by atoms with Crippen LogP contribution in [-0.4, -0.2) is 60.8 Å². The molecule has 0 fully saturated rings. The van der Waals surface area contributed by atoms with Gasteiger partial charge in [0.25, 0.3) is 0 Å². The van der Waals surface area contributed by atoms with Gasteiger partial charge in [0.1, 0.15) is 19.3 Å². The van der Waals surface area contributed by atoms with Gasteiger partial charge in [-0.3, -0.25) is 4.79 Å². The van der Waals surface area contributed by atoms with Crippen LogP contribution >= 0.6 is 0 Å². The molecule has 0 aromatic rings. The number of ketones is 1. The molecule has 0 aliphatic rings. The van der Waals surface area contributed by atoms with E-state index in [2.05, 4.69) is 22.8 Å². The summed E-state index contributed by atoms with van der Waals surface area (Å²) in [5.41, 5.74) is 0. The standard InChI is InChI=1S/C13H20O8/c1-3-11(15)13(17)18-6-5-7-20-21-9-10(14)8-19-12(16)4-2/h3-4,10,13-14,17H,1-2,5-9H2. The van der Waals surface area contributed by atoms with Gasteiger partial charge in [0.2, 0.25) is 12.1 Å². The van der Waals surface area contributed by atoms with E-state index in [1.54, 1.807) is 0 Å². The van der Waals surface area contributed by atoms with Crippen molar-refractivity contribution in [3.05, 3.63) is 25.3 Å². The summed E-state index contributed by atoms with van der Waals surface area (Å²) < 4.78 is 9.36. The summed E-state index contributed by atoms with van der Waals surface area (Å²) in [6.07, 6.45) is -0.231. The second kappa shape index (κ2) is 12.2. The Hall–Kier alpha value is -1.58. The molecule has 0 aliphatic carbocycles. The molecule has 0 aromatic heterocycles. The molecule has 0 spiro atoms. The van der Waals surface area contributed by atoms with Gasteiger partial charge >= 0.3 is 5.97 Å². The monoisotopic (exact) mass is 304 g/mol. The third-order valence-corrected chi connectivity index (χ3v) is 2.02. The molecule has 0 amide bonds. The molecular formula is C13H20O8. The van der Waals surface area contributed by atoms with Crippen LogP contribution in [0.1, 0.15) is 6.42 Å². The normalized spacial score (nSPS) is 13.2. The Morgan fingerprint density at radius 3 is 2.38 bits per heavy atom. The van der Waals surface area contributed by atoms with Gasteiger partial charge in [0.05, 0.1) is 13.2 Å². The van der Waals surface area contributed by atoms with Crippen molar-refractivity contribution in [2.45, 2.75) is 18.8 Å². The molecule has 8 heteroatoms. The highest BCUT2D eigenvalue weighted by Gasteiger charge is 2.11. The molecule has 0 saturated carbocycles. The van der Waals surface area contributed by atoms with Crippen LogP contribution in [0.2, 0.25) is 0 Å². The summed E-state index contributed by atoms with van der Waals surface area (Å²) in [5.74, 6) is -1.26. The van der Waals surface area contributed by atoms with Gasteiger partial charge in [0, 0.05) is 6.08 Å². The van der Waals surface area contributed by atoms with Gasteiger partial charge in [-0.05, 0) is 12.5 Å². The van der Waals surface area contributed by atoms with Gasteiger partial charge in [-0.1, -0.05) is 13.2 Å². The molecular weight excluding hydrogens is 284 g/mol. The molecule has 8 nitrogen and oxygen atoms in total. The van der Waals surface area contributed by atoms with Crippen molar-refractivity contribution in [1.82, 2.24) is 0 Å². The van der Waals surface area contributed by atoms with Crippen molar-refractivity contribution in [3.8, 4) is 0 Å². The van der Waals surface area contributed by atoms with Crippen LogP contribution in [0, 0.1) is 0 Å². The van der Waals surface area contributed by atoms with E-state index >= 15 is 0 Å². The van der Waals surface area contributed by atoms with Crippen molar-refractivity contribution in [1.29, 1.82) is 0 Å². The third-order valence-electron chi connectivity index (χ3n) is 2.02. The second-order valence-electron chi connectivity index (χ2n) is 3.78. The van der Waals surface area contributed by atoms with Crippen LogP contribution < -0.4 is 0 Å². The number of aliphatic hydroxyl groups is 2. The van der Waals surface area contributed by atoms with Gasteiger partial charge in [-0.25, -0.2) is 14.6 Å². The molecule has 0 aromatic carbocycles. The van der Waals surface area contributed by atoms with E-state index in [4.69, 9.17) is 14.7 Å². The van der Waals surface area contributed by atoms with Crippen LogP contribution in [0.5, 0.6) is 0 Å². The van der Waals surface area contributed by atoms with Gasteiger partial charge < -0.3 is 19.7 Å². The van der Waals surface area contributed by atoms with E-state index < -0.39 is 24.1 Å². The first-order valence-electron chi connectivity index (χ1n) is 6.18. The zero-order chi connectivity index (χ0) is 16.1. The molecule has 0 heterocycles. The van der Waals surface area contributed by atoms with Crippen LogP contribution in [0.4, 0.5) is 0 Å². The topological polar surface area (TPSA) is 112 Å². The lowest BCUT2D eigenvalue weighted by molar-refractivity contribution is -0.307. The first kappa shape index (κ1) is 19.4. The summed E-state index contributed by atoms with van der Waals surface area (Å²) >= 11 is 0. The number of esters is 1. The summed E-state index contributed by atoms with van der Waals surface area (Å²) in [7, 11) is 0. The number of hydrogen-bond donors (Lipinski definition) is 2. The highest BCUT2D eigenvalue weighted by molar-refractivity contribution is 5.91. The average molecular weight is 304 g/mol. The number of rotatable bonds is 13. The fourth-order valence-electron chi connectivity index (χ4n) is 0.967. The van der Waals surface area contributed by atoms with E-state index in [1.807, 2.05) is 0 Å². The van der Waals surface area contributed by atoms with Gasteiger partial charge in [-0.2, -0.15) is 0 Å². The first-order valence-corrected chi connectivity index (χ1v) is 6.18. The molecule has 0 bridgehead atoms. The maximum absolute atomic E-state index is 10.9. The predicted octanol–water partition coefficient (Wildman–Crippen LogP) is -0.495. The molecule has 0 rings (SSSR count). The lowest BCUT2D eigenvalue weighted by Crippen LogP contribution is -2.24. The second-order valence-corrected chi connectivity index (χ2v) is 3.78. The molecule has 0 aliphatic heterocycles. The lowest BCUT2D eigenvalue weighted by Gasteiger charge is -2.11.